The molecule has 3 heterocycles. The van der Waals surface area contributed by atoms with Gasteiger partial charge in [-0.3, -0.25) is 14.3 Å². The minimum absolute atomic E-state index is 0.0451. The summed E-state index contributed by atoms with van der Waals surface area (Å²) in [5.41, 5.74) is 3.75. The lowest BCUT2D eigenvalue weighted by Crippen LogP contribution is -2.30. The number of benzene rings is 3. The van der Waals surface area contributed by atoms with E-state index < -0.39 is 0 Å². The van der Waals surface area contributed by atoms with Gasteiger partial charge >= 0.3 is 0 Å². The van der Waals surface area contributed by atoms with Crippen molar-refractivity contribution in [3.05, 3.63) is 123 Å². The van der Waals surface area contributed by atoms with Crippen LogP contribution in [0.5, 0.6) is 0 Å². The molecule has 36 heavy (non-hydrogen) atoms. The molecule has 1 aliphatic heterocycles. The van der Waals surface area contributed by atoms with E-state index in [1.807, 2.05) is 42.5 Å². The summed E-state index contributed by atoms with van der Waals surface area (Å²) in [7, 11) is 0. The van der Waals surface area contributed by atoms with E-state index in [0.29, 0.717) is 16.5 Å². The molecule has 2 aromatic heterocycles. The van der Waals surface area contributed by atoms with Crippen molar-refractivity contribution in [2.24, 2.45) is 0 Å². The van der Waals surface area contributed by atoms with Gasteiger partial charge in [-0.1, -0.05) is 78.5 Å². The second-order valence-corrected chi connectivity index (χ2v) is 10.9. The number of thiophene rings is 1. The van der Waals surface area contributed by atoms with E-state index in [9.17, 15) is 9.18 Å². The van der Waals surface area contributed by atoms with Crippen LogP contribution in [0.25, 0.3) is 15.9 Å². The molecule has 3 aromatic carbocycles. The Kier molecular flexibility index (Phi) is 6.44. The van der Waals surface area contributed by atoms with Gasteiger partial charge in [0.1, 0.15) is 10.6 Å². The molecule has 6 rings (SSSR count). The SMILES string of the molecule is O=c1c2c3c(sc2nc(SCc2ccccc2F)n1-c1ccccc1)CN(Cc1ccccc1)CC3. The van der Waals surface area contributed by atoms with Crippen LogP contribution in [-0.2, 0) is 25.3 Å². The first-order valence-corrected chi connectivity index (χ1v) is 13.7. The van der Waals surface area contributed by atoms with Crippen LogP contribution in [0.2, 0.25) is 0 Å². The number of nitrogens with zero attached hydrogens (tertiary/aromatic N) is 3. The quantitative estimate of drug-likeness (QED) is 0.194. The zero-order chi connectivity index (χ0) is 24.5. The summed E-state index contributed by atoms with van der Waals surface area (Å²) in [4.78, 5) is 23.4. The number of fused-ring (bicyclic) bond motifs is 3. The molecule has 1 aliphatic rings. The molecule has 0 saturated carbocycles. The van der Waals surface area contributed by atoms with E-state index in [1.54, 1.807) is 28.0 Å². The summed E-state index contributed by atoms with van der Waals surface area (Å²) >= 11 is 3.01. The van der Waals surface area contributed by atoms with Gasteiger partial charge in [-0.2, -0.15) is 0 Å². The second kappa shape index (κ2) is 10.0. The van der Waals surface area contributed by atoms with Gasteiger partial charge in [0.05, 0.1) is 11.1 Å². The van der Waals surface area contributed by atoms with Gasteiger partial charge in [-0.25, -0.2) is 9.37 Å². The molecule has 0 bridgehead atoms. The normalized spacial score (nSPS) is 13.7. The number of halogens is 1. The number of para-hydroxylation sites is 1. The third-order valence-corrected chi connectivity index (χ3v) is 8.60. The number of rotatable bonds is 6. The van der Waals surface area contributed by atoms with Crippen molar-refractivity contribution in [2.45, 2.75) is 30.4 Å². The maximum atomic E-state index is 14.3. The fourth-order valence-electron chi connectivity index (χ4n) is 4.71. The van der Waals surface area contributed by atoms with Crippen molar-refractivity contribution >= 4 is 33.3 Å². The van der Waals surface area contributed by atoms with Crippen molar-refractivity contribution in [3.63, 3.8) is 0 Å². The highest BCUT2D eigenvalue weighted by Gasteiger charge is 2.26. The van der Waals surface area contributed by atoms with Crippen LogP contribution in [0.3, 0.4) is 0 Å². The Morgan fingerprint density at radius 1 is 0.944 bits per heavy atom. The van der Waals surface area contributed by atoms with E-state index in [0.717, 1.165) is 47.5 Å². The monoisotopic (exact) mass is 513 g/mol. The van der Waals surface area contributed by atoms with Crippen molar-refractivity contribution < 1.29 is 4.39 Å². The average molecular weight is 514 g/mol. The molecular formula is C29H24FN3OS2. The Balaban J connectivity index is 1.40. The Labute approximate surface area is 217 Å². The van der Waals surface area contributed by atoms with Gasteiger partial charge in [0.25, 0.3) is 5.56 Å². The first-order valence-electron chi connectivity index (χ1n) is 11.9. The minimum Gasteiger partial charge on any atom is -0.294 e. The van der Waals surface area contributed by atoms with E-state index in [4.69, 9.17) is 4.98 Å². The van der Waals surface area contributed by atoms with Crippen LogP contribution in [-0.4, -0.2) is 21.0 Å². The van der Waals surface area contributed by atoms with Crippen molar-refractivity contribution in [2.75, 3.05) is 6.54 Å². The molecule has 180 valence electrons. The van der Waals surface area contributed by atoms with E-state index in [-0.39, 0.29) is 11.4 Å². The molecule has 7 heteroatoms. The summed E-state index contributed by atoms with van der Waals surface area (Å²) in [6.07, 6.45) is 0.829. The predicted octanol–water partition coefficient (Wildman–Crippen LogP) is 6.44. The minimum atomic E-state index is -0.246. The molecule has 0 fully saturated rings. The second-order valence-electron chi connectivity index (χ2n) is 8.88. The van der Waals surface area contributed by atoms with Crippen LogP contribution in [0.1, 0.15) is 21.6 Å². The first kappa shape index (κ1) is 23.2. The number of hydrogen-bond acceptors (Lipinski definition) is 5. The van der Waals surface area contributed by atoms with Crippen LogP contribution in [0.15, 0.2) is 94.9 Å². The Hall–Kier alpha value is -3.26. The molecule has 0 radical (unpaired) electrons. The Morgan fingerprint density at radius 3 is 2.44 bits per heavy atom. The molecule has 5 aromatic rings. The number of aromatic nitrogens is 2. The summed E-state index contributed by atoms with van der Waals surface area (Å²) in [5.74, 6) is 0.151. The van der Waals surface area contributed by atoms with Gasteiger partial charge in [0.2, 0.25) is 0 Å². The Morgan fingerprint density at radius 2 is 1.67 bits per heavy atom. The number of hydrogen-bond donors (Lipinski definition) is 0. The van der Waals surface area contributed by atoms with Crippen molar-refractivity contribution in [1.29, 1.82) is 0 Å². The van der Waals surface area contributed by atoms with Crippen LogP contribution in [0.4, 0.5) is 4.39 Å². The predicted molar refractivity (Wildman–Crippen MR) is 145 cm³/mol. The summed E-state index contributed by atoms with van der Waals surface area (Å²) in [5, 5.41) is 1.31. The topological polar surface area (TPSA) is 38.1 Å². The lowest BCUT2D eigenvalue weighted by molar-refractivity contribution is 0.249. The van der Waals surface area contributed by atoms with Gasteiger partial charge < -0.3 is 0 Å². The highest BCUT2D eigenvalue weighted by atomic mass is 32.2. The maximum absolute atomic E-state index is 14.3. The molecule has 0 unspecified atom stereocenters. The van der Waals surface area contributed by atoms with Crippen LogP contribution < -0.4 is 5.56 Å². The van der Waals surface area contributed by atoms with E-state index >= 15 is 0 Å². The number of thioether (sulfide) groups is 1. The summed E-state index contributed by atoms with van der Waals surface area (Å²) in [6, 6.07) is 26.8. The molecule has 4 nitrogen and oxygen atoms in total. The van der Waals surface area contributed by atoms with Crippen molar-refractivity contribution in [1.82, 2.24) is 14.5 Å². The third kappa shape index (κ3) is 4.50. The average Bonchev–Trinajstić information content (AvgIpc) is 3.27. The summed E-state index contributed by atoms with van der Waals surface area (Å²) < 4.78 is 16.0. The van der Waals surface area contributed by atoms with Gasteiger partial charge in [-0.15, -0.1) is 11.3 Å². The smallest absolute Gasteiger partial charge is 0.267 e. The third-order valence-electron chi connectivity index (χ3n) is 6.50. The zero-order valence-corrected chi connectivity index (χ0v) is 21.2. The van der Waals surface area contributed by atoms with Crippen molar-refractivity contribution in [3.8, 4) is 5.69 Å². The fraction of sp³-hybridized carbons (Fsp3) is 0.172. The summed E-state index contributed by atoms with van der Waals surface area (Å²) in [6.45, 7) is 2.61. The molecular weight excluding hydrogens is 489 g/mol. The molecule has 0 aliphatic carbocycles. The molecule has 0 atom stereocenters. The maximum Gasteiger partial charge on any atom is 0.267 e. The van der Waals surface area contributed by atoms with Gasteiger partial charge in [0.15, 0.2) is 5.16 Å². The van der Waals surface area contributed by atoms with Gasteiger partial charge in [0, 0.05) is 30.3 Å². The van der Waals surface area contributed by atoms with Crippen LogP contribution in [0, 0.1) is 5.82 Å². The van der Waals surface area contributed by atoms with Gasteiger partial charge in [-0.05, 0) is 41.3 Å². The lowest BCUT2D eigenvalue weighted by atomic mass is 10.0. The highest BCUT2D eigenvalue weighted by Crippen LogP contribution is 2.35. The standard InChI is InChI=1S/C29H24FN3OS2/c30-24-14-8-7-11-21(24)19-35-29-31-27-26(28(34)33(29)22-12-5-2-6-13-22)23-15-16-32(18-25(23)36-27)17-20-9-3-1-4-10-20/h1-14H,15-19H2. The highest BCUT2D eigenvalue weighted by molar-refractivity contribution is 7.98. The molecule has 0 spiro atoms. The molecule has 0 amide bonds. The zero-order valence-electron chi connectivity index (χ0n) is 19.6. The Bertz CT molecular complexity index is 1580. The lowest BCUT2D eigenvalue weighted by Gasteiger charge is -2.26. The fourth-order valence-corrected chi connectivity index (χ4v) is 7.02. The molecule has 0 N–H and O–H groups in total. The first-order chi connectivity index (χ1) is 17.7. The largest absolute Gasteiger partial charge is 0.294 e. The van der Waals surface area contributed by atoms with E-state index in [1.165, 1.54) is 28.3 Å². The van der Waals surface area contributed by atoms with Crippen LogP contribution >= 0.6 is 23.1 Å². The van der Waals surface area contributed by atoms with E-state index in [2.05, 4.69) is 29.2 Å². The molecule has 0 saturated heterocycles.